The van der Waals surface area contributed by atoms with Gasteiger partial charge in [-0.3, -0.25) is 0 Å². The lowest BCUT2D eigenvalue weighted by Gasteiger charge is -2.48. The molecule has 6 aromatic rings. The first-order valence-electron chi connectivity index (χ1n) is 29.0. The minimum absolute atomic E-state index is 0.00451. The third kappa shape index (κ3) is 8.19. The topological polar surface area (TPSA) is 6.48 Å². The number of rotatable bonds is 3. The van der Waals surface area contributed by atoms with E-state index in [2.05, 4.69) is 252 Å². The zero-order valence-corrected chi connectivity index (χ0v) is 51.4. The van der Waals surface area contributed by atoms with Gasteiger partial charge in [0.1, 0.15) is 0 Å². The quantitative estimate of drug-likeness (QED) is 0.163. The highest BCUT2D eigenvalue weighted by Crippen LogP contribution is 2.58. The van der Waals surface area contributed by atoms with Crippen LogP contribution in [0.4, 0.5) is 33.4 Å². The van der Waals surface area contributed by atoms with Gasteiger partial charge in [0.05, 0.1) is 5.00 Å². The number of fused-ring (bicyclic) bond motifs is 8. The van der Waals surface area contributed by atoms with Gasteiger partial charge in [0.15, 0.2) is 0 Å². The van der Waals surface area contributed by atoms with Gasteiger partial charge in [-0.2, -0.15) is 0 Å². The Bertz CT molecular complexity index is 3310. The molecule has 0 saturated carbocycles. The summed E-state index contributed by atoms with van der Waals surface area (Å²) >= 11 is 2.12. The normalized spacial score (nSPS) is 20.4. The molecule has 4 heteroatoms. The van der Waals surface area contributed by atoms with E-state index in [0.29, 0.717) is 0 Å². The van der Waals surface area contributed by atoms with Crippen molar-refractivity contribution in [1.82, 2.24) is 0 Å². The second-order valence-corrected chi connectivity index (χ2v) is 32.6. The summed E-state index contributed by atoms with van der Waals surface area (Å²) in [6.45, 7) is 54.1. The molecular weight excluding hydrogens is 924 g/mol. The Balaban J connectivity index is 1.35. The van der Waals surface area contributed by atoms with Crippen LogP contribution in [0, 0.1) is 6.92 Å². The number of hydrogen-bond donors (Lipinski definition) is 0. The Hall–Kier alpha value is -4.54. The van der Waals surface area contributed by atoms with Gasteiger partial charge in [-0.05, 0) is 214 Å². The van der Waals surface area contributed by atoms with E-state index in [-0.39, 0.29) is 55.4 Å². The maximum atomic E-state index is 2.79. The Morgan fingerprint density at radius 2 is 0.880 bits per heavy atom. The molecule has 3 heterocycles. The minimum atomic E-state index is -0.0554. The molecule has 2 aliphatic heterocycles. The summed E-state index contributed by atoms with van der Waals surface area (Å²) < 4.78 is 0. The van der Waals surface area contributed by atoms with Gasteiger partial charge in [-0.1, -0.05) is 182 Å². The third-order valence-corrected chi connectivity index (χ3v) is 21.5. The van der Waals surface area contributed by atoms with E-state index in [1.807, 2.05) is 0 Å². The first-order valence-corrected chi connectivity index (χ1v) is 29.8. The maximum absolute atomic E-state index is 2.79. The van der Waals surface area contributed by atoms with Crippen molar-refractivity contribution in [3.63, 3.8) is 0 Å². The van der Waals surface area contributed by atoms with Crippen LogP contribution in [-0.2, 0) is 48.7 Å². The predicted molar refractivity (Wildman–Crippen MR) is 330 cm³/mol. The van der Waals surface area contributed by atoms with Crippen LogP contribution < -0.4 is 26.2 Å². The molecule has 75 heavy (non-hydrogen) atoms. The molecule has 0 N–H and O–H groups in total. The Morgan fingerprint density at radius 1 is 0.427 bits per heavy atom. The Kier molecular flexibility index (Phi) is 11.4. The van der Waals surface area contributed by atoms with Crippen LogP contribution in [0.2, 0.25) is 0 Å². The van der Waals surface area contributed by atoms with Gasteiger partial charge in [-0.25, -0.2) is 0 Å². The van der Waals surface area contributed by atoms with Gasteiger partial charge in [0, 0.05) is 33.3 Å². The van der Waals surface area contributed by atoms with E-state index in [0.717, 1.165) is 0 Å². The number of hydrogen-bond acceptors (Lipinski definition) is 3. The molecule has 0 radical (unpaired) electrons. The predicted octanol–water partition coefficient (Wildman–Crippen LogP) is 18.7. The lowest BCUT2D eigenvalue weighted by atomic mass is 9.32. The van der Waals surface area contributed by atoms with Crippen LogP contribution in [0.15, 0.2) is 78.9 Å². The standard InChI is InChI=1S/C71H91BN2S/c1-42-33-50-51(67(13,14)28-27-66(50,11)12)39-49(42)43-34-56-59-57(35-43)74(47-25-23-44(24-26-47)63(2,3)4)62-60(58-61(75-62)71(21,22)32-31-70(58,19)20)72(59)54-40-52-53(69(17,18)30-29-68(52,15)16)41-55(54)73(56)48-37-45(64(5,6)7)36-46(38-48)65(8,9)10/h23-26,33-41H,27-32H2,1-22H3. The van der Waals surface area contributed by atoms with Crippen molar-refractivity contribution in [3.05, 3.63) is 134 Å². The smallest absolute Gasteiger partial charge is 0.253 e. The molecule has 0 bridgehead atoms. The molecule has 11 rings (SSSR count). The summed E-state index contributed by atoms with van der Waals surface area (Å²) in [5.74, 6) is 0. The molecule has 0 atom stereocenters. The van der Waals surface area contributed by atoms with Crippen LogP contribution in [0.5, 0.6) is 0 Å². The lowest BCUT2D eigenvalue weighted by Crippen LogP contribution is -2.63. The molecule has 0 fully saturated rings. The summed E-state index contributed by atoms with van der Waals surface area (Å²) in [4.78, 5) is 7.13. The zero-order valence-electron chi connectivity index (χ0n) is 50.6. The van der Waals surface area contributed by atoms with Crippen molar-refractivity contribution >= 4 is 67.9 Å². The van der Waals surface area contributed by atoms with E-state index < -0.39 is 0 Å². The molecule has 394 valence electrons. The van der Waals surface area contributed by atoms with E-state index in [1.165, 1.54) is 133 Å². The number of aryl methyl sites for hydroxylation is 1. The van der Waals surface area contributed by atoms with Crippen LogP contribution in [0.3, 0.4) is 0 Å². The summed E-state index contributed by atoms with van der Waals surface area (Å²) in [7, 11) is 0. The average molecular weight is 1020 g/mol. The second-order valence-electron chi connectivity index (χ2n) is 31.6. The van der Waals surface area contributed by atoms with Crippen LogP contribution >= 0.6 is 11.3 Å². The zero-order chi connectivity index (χ0) is 54.5. The van der Waals surface area contributed by atoms with E-state index in [4.69, 9.17) is 0 Å². The largest absolute Gasteiger partial charge is 0.311 e. The molecule has 0 saturated heterocycles. The fourth-order valence-electron chi connectivity index (χ4n) is 14.3. The van der Waals surface area contributed by atoms with Gasteiger partial charge in [-0.15, -0.1) is 11.3 Å². The van der Waals surface area contributed by atoms with Crippen molar-refractivity contribution < 1.29 is 0 Å². The first-order chi connectivity index (χ1) is 34.4. The summed E-state index contributed by atoms with van der Waals surface area (Å²) in [5, 5.41) is 1.42. The fraction of sp³-hybridized carbons (Fsp3) is 0.521. The first kappa shape index (κ1) is 52.5. The minimum Gasteiger partial charge on any atom is -0.311 e. The van der Waals surface area contributed by atoms with E-state index in [1.54, 1.807) is 21.5 Å². The molecule has 0 amide bonds. The number of benzene rings is 5. The summed E-state index contributed by atoms with van der Waals surface area (Å²) in [5.41, 5.74) is 27.1. The SMILES string of the molecule is Cc1cc2c(cc1-c1cc3c4c(c1)N(c1ccc(C(C)(C)C)cc1)c1sc5c(c1B4c1cc4c(cc1N3c1cc(C(C)(C)C)cc(C(C)(C)C)c1)C(C)(C)CCC4(C)C)C(C)(C)CCC5(C)C)C(C)(C)CCC2(C)C. The average Bonchev–Trinajstić information content (AvgIpc) is 3.78. The molecule has 5 aromatic carbocycles. The Labute approximate surface area is 459 Å². The van der Waals surface area contributed by atoms with Gasteiger partial charge < -0.3 is 9.80 Å². The number of nitrogens with zero attached hydrogens (tertiary/aromatic N) is 2. The second kappa shape index (κ2) is 16.3. The van der Waals surface area contributed by atoms with Crippen LogP contribution in [0.1, 0.15) is 239 Å². The van der Waals surface area contributed by atoms with Crippen LogP contribution in [0.25, 0.3) is 11.1 Å². The molecule has 0 spiro atoms. The van der Waals surface area contributed by atoms with Crippen molar-refractivity contribution in [3.8, 4) is 11.1 Å². The van der Waals surface area contributed by atoms with E-state index in [9.17, 15) is 0 Å². The molecule has 2 nitrogen and oxygen atoms in total. The van der Waals surface area contributed by atoms with Crippen molar-refractivity contribution in [2.24, 2.45) is 0 Å². The Morgan fingerprint density at radius 3 is 1.40 bits per heavy atom. The third-order valence-electron chi connectivity index (χ3n) is 20.0. The fourth-order valence-corrected chi connectivity index (χ4v) is 16.0. The van der Waals surface area contributed by atoms with Crippen molar-refractivity contribution in [2.75, 3.05) is 9.80 Å². The molecule has 5 aliphatic rings. The van der Waals surface area contributed by atoms with Gasteiger partial charge >= 0.3 is 0 Å². The molecule has 3 aliphatic carbocycles. The molecule has 1 aromatic heterocycles. The van der Waals surface area contributed by atoms with E-state index >= 15 is 0 Å². The lowest BCUT2D eigenvalue weighted by molar-refractivity contribution is 0.332. The highest BCUT2D eigenvalue weighted by molar-refractivity contribution is 7.20. The van der Waals surface area contributed by atoms with Crippen LogP contribution in [-0.4, -0.2) is 6.71 Å². The monoisotopic (exact) mass is 1010 g/mol. The molecular formula is C71H91BN2S. The summed E-state index contributed by atoms with van der Waals surface area (Å²) in [6.07, 6.45) is 7.10. The number of thiophene rings is 1. The molecule has 0 unspecified atom stereocenters. The maximum Gasteiger partial charge on any atom is 0.253 e. The highest BCUT2D eigenvalue weighted by Gasteiger charge is 2.53. The van der Waals surface area contributed by atoms with Crippen molar-refractivity contribution in [2.45, 2.75) is 240 Å². The van der Waals surface area contributed by atoms with Gasteiger partial charge in [0.2, 0.25) is 0 Å². The highest BCUT2D eigenvalue weighted by atomic mass is 32.1. The summed E-state index contributed by atoms with van der Waals surface area (Å²) in [6, 6.07) is 33.4. The van der Waals surface area contributed by atoms with Crippen molar-refractivity contribution in [1.29, 1.82) is 0 Å². The van der Waals surface area contributed by atoms with Gasteiger partial charge in [0.25, 0.3) is 6.71 Å². The number of anilines is 6.